The molecule has 0 fully saturated rings. The molecule has 1 heterocycles. The Hall–Kier alpha value is -3.82. The van der Waals surface area contributed by atoms with Crippen molar-refractivity contribution in [3.63, 3.8) is 0 Å². The predicted molar refractivity (Wildman–Crippen MR) is 117 cm³/mol. The Bertz CT molecular complexity index is 1160. The number of amides is 1. The zero-order valence-corrected chi connectivity index (χ0v) is 17.2. The van der Waals surface area contributed by atoms with Crippen molar-refractivity contribution in [3.8, 4) is 17.4 Å². The highest BCUT2D eigenvalue weighted by atomic mass is 35.5. The summed E-state index contributed by atoms with van der Waals surface area (Å²) >= 11 is 6.00. The minimum absolute atomic E-state index is 0.00667. The Balaban J connectivity index is 1.63. The third-order valence-corrected chi connectivity index (χ3v) is 4.85. The van der Waals surface area contributed by atoms with E-state index in [1.165, 1.54) is 23.8 Å². The minimum Gasteiger partial charge on any atom is -0.478 e. The zero-order chi connectivity index (χ0) is 22.2. The van der Waals surface area contributed by atoms with Crippen LogP contribution in [-0.4, -0.2) is 23.5 Å². The summed E-state index contributed by atoms with van der Waals surface area (Å²) < 4.78 is 5.68. The average molecular weight is 435 g/mol. The summed E-state index contributed by atoms with van der Waals surface area (Å²) in [5.74, 6) is -0.828. The fourth-order valence-corrected chi connectivity index (χ4v) is 3.21. The molecule has 0 unspecified atom stereocenters. The van der Waals surface area contributed by atoms with Crippen molar-refractivity contribution in [1.29, 1.82) is 5.26 Å². The first-order chi connectivity index (χ1) is 15.0. The number of carbonyl (C=O) groups excluding carboxylic acids is 1. The van der Waals surface area contributed by atoms with Crippen LogP contribution in [0.2, 0.25) is 5.02 Å². The summed E-state index contributed by atoms with van der Waals surface area (Å²) in [6, 6.07) is 19.6. The molecule has 0 aliphatic rings. The van der Waals surface area contributed by atoms with Crippen LogP contribution in [0.25, 0.3) is 17.4 Å². The van der Waals surface area contributed by atoms with Crippen molar-refractivity contribution in [1.82, 2.24) is 5.32 Å². The molecule has 0 aliphatic carbocycles. The van der Waals surface area contributed by atoms with Crippen LogP contribution < -0.4 is 5.32 Å². The molecule has 3 rings (SSSR count). The molecule has 0 radical (unpaired) electrons. The van der Waals surface area contributed by atoms with E-state index in [9.17, 15) is 14.9 Å². The molecule has 2 aromatic carbocycles. The summed E-state index contributed by atoms with van der Waals surface area (Å²) in [5.41, 5.74) is 1.69. The van der Waals surface area contributed by atoms with Crippen molar-refractivity contribution < 1.29 is 19.1 Å². The lowest BCUT2D eigenvalue weighted by atomic mass is 10.1. The number of carboxylic acids is 1. The second-order valence-corrected chi connectivity index (χ2v) is 7.12. The number of hydrogen-bond acceptors (Lipinski definition) is 4. The molecule has 0 bridgehead atoms. The van der Waals surface area contributed by atoms with E-state index in [1.54, 1.807) is 18.2 Å². The third-order valence-electron chi connectivity index (χ3n) is 4.53. The number of aromatic carboxylic acids is 1. The highest BCUT2D eigenvalue weighted by molar-refractivity contribution is 6.33. The standard InChI is InChI=1S/C24H19ClN2O4/c25-21-14-17(8-10-20(21)24(29)30)22-11-9-19(31-22)13-18(15-26)23(28)27-12-4-7-16-5-2-1-3-6-16/h1-3,5-6,8-11,13-14H,4,7,12H2,(H,27,28)(H,29,30)/b18-13-. The third kappa shape index (κ3) is 5.84. The number of rotatable bonds is 8. The van der Waals surface area contributed by atoms with Gasteiger partial charge in [-0.05, 0) is 42.7 Å². The van der Waals surface area contributed by atoms with Crippen LogP contribution in [0.5, 0.6) is 0 Å². The number of carbonyl (C=O) groups is 2. The van der Waals surface area contributed by atoms with Crippen LogP contribution in [0.1, 0.15) is 28.1 Å². The minimum atomic E-state index is -1.12. The van der Waals surface area contributed by atoms with Crippen molar-refractivity contribution in [3.05, 3.63) is 88.1 Å². The maximum atomic E-state index is 12.3. The monoisotopic (exact) mass is 434 g/mol. The van der Waals surface area contributed by atoms with Crippen LogP contribution in [0, 0.1) is 11.3 Å². The van der Waals surface area contributed by atoms with E-state index >= 15 is 0 Å². The van der Waals surface area contributed by atoms with E-state index in [2.05, 4.69) is 5.32 Å². The van der Waals surface area contributed by atoms with Gasteiger partial charge in [0.25, 0.3) is 5.91 Å². The highest BCUT2D eigenvalue weighted by Crippen LogP contribution is 2.28. The van der Waals surface area contributed by atoms with Crippen molar-refractivity contribution in [2.75, 3.05) is 6.54 Å². The van der Waals surface area contributed by atoms with Crippen molar-refractivity contribution in [2.45, 2.75) is 12.8 Å². The maximum Gasteiger partial charge on any atom is 0.337 e. The number of aryl methyl sites for hydroxylation is 1. The van der Waals surface area contributed by atoms with Crippen LogP contribution in [0.4, 0.5) is 0 Å². The number of furan rings is 1. The van der Waals surface area contributed by atoms with E-state index < -0.39 is 11.9 Å². The highest BCUT2D eigenvalue weighted by Gasteiger charge is 2.13. The largest absolute Gasteiger partial charge is 0.478 e. The zero-order valence-electron chi connectivity index (χ0n) is 16.5. The van der Waals surface area contributed by atoms with Crippen LogP contribution >= 0.6 is 11.6 Å². The number of hydrogen-bond donors (Lipinski definition) is 2. The van der Waals surface area contributed by atoms with Gasteiger partial charge >= 0.3 is 5.97 Å². The van der Waals surface area contributed by atoms with Gasteiger partial charge in [0.05, 0.1) is 10.6 Å². The smallest absolute Gasteiger partial charge is 0.337 e. The quantitative estimate of drug-likeness (QED) is 0.296. The fraction of sp³-hybridized carbons (Fsp3) is 0.125. The van der Waals surface area contributed by atoms with Gasteiger partial charge in [0, 0.05) is 18.2 Å². The predicted octanol–water partition coefficient (Wildman–Crippen LogP) is 4.95. The Morgan fingerprint density at radius 2 is 1.90 bits per heavy atom. The number of nitriles is 1. The lowest BCUT2D eigenvalue weighted by Crippen LogP contribution is -2.25. The van der Waals surface area contributed by atoms with Crippen molar-refractivity contribution in [2.24, 2.45) is 0 Å². The topological polar surface area (TPSA) is 103 Å². The first-order valence-electron chi connectivity index (χ1n) is 9.55. The Kier molecular flexibility index (Phi) is 7.26. The van der Waals surface area contributed by atoms with E-state index in [1.807, 2.05) is 36.4 Å². The maximum absolute atomic E-state index is 12.3. The lowest BCUT2D eigenvalue weighted by molar-refractivity contribution is -0.117. The molecule has 0 spiro atoms. The van der Waals surface area contributed by atoms with Gasteiger partial charge in [-0.3, -0.25) is 4.79 Å². The van der Waals surface area contributed by atoms with E-state index in [4.69, 9.17) is 21.1 Å². The lowest BCUT2D eigenvalue weighted by Gasteiger charge is -2.04. The average Bonchev–Trinajstić information content (AvgIpc) is 3.24. The SMILES string of the molecule is N#C/C(=C/c1ccc(-c2ccc(C(=O)O)c(Cl)c2)o1)C(=O)NCCCc1ccccc1. The summed E-state index contributed by atoms with van der Waals surface area (Å²) in [6.07, 6.45) is 2.95. The Morgan fingerprint density at radius 3 is 2.58 bits per heavy atom. The number of nitrogens with one attached hydrogen (secondary N) is 1. The van der Waals surface area contributed by atoms with Gasteiger partial charge in [0.1, 0.15) is 23.2 Å². The second-order valence-electron chi connectivity index (χ2n) is 6.72. The van der Waals surface area contributed by atoms with Crippen molar-refractivity contribution >= 4 is 29.6 Å². The van der Waals surface area contributed by atoms with Gasteiger partial charge in [-0.1, -0.05) is 48.0 Å². The second kappa shape index (κ2) is 10.3. The number of nitrogens with zero attached hydrogens (tertiary/aromatic N) is 1. The van der Waals surface area contributed by atoms with Gasteiger partial charge in [0.2, 0.25) is 0 Å². The molecule has 1 amide bonds. The molecule has 0 saturated heterocycles. The molecule has 0 saturated carbocycles. The molecule has 0 atom stereocenters. The molecule has 3 aromatic rings. The van der Waals surface area contributed by atoms with Gasteiger partial charge in [-0.25, -0.2) is 4.79 Å². The summed E-state index contributed by atoms with van der Waals surface area (Å²) in [4.78, 5) is 23.4. The number of carboxylic acid groups (broad SMARTS) is 1. The van der Waals surface area contributed by atoms with E-state index in [-0.39, 0.29) is 16.2 Å². The van der Waals surface area contributed by atoms with Crippen LogP contribution in [-0.2, 0) is 11.2 Å². The Morgan fingerprint density at radius 1 is 1.13 bits per heavy atom. The molecule has 31 heavy (non-hydrogen) atoms. The molecule has 7 heteroatoms. The molecule has 156 valence electrons. The van der Waals surface area contributed by atoms with Gasteiger partial charge in [-0.2, -0.15) is 5.26 Å². The Labute approximate surface area is 184 Å². The van der Waals surface area contributed by atoms with Crippen LogP contribution in [0.3, 0.4) is 0 Å². The first-order valence-corrected chi connectivity index (χ1v) is 9.92. The van der Waals surface area contributed by atoms with Gasteiger partial charge in [-0.15, -0.1) is 0 Å². The summed E-state index contributed by atoms with van der Waals surface area (Å²) in [6.45, 7) is 0.449. The first kappa shape index (κ1) is 21.9. The molecular formula is C24H19ClN2O4. The van der Waals surface area contributed by atoms with E-state index in [0.717, 1.165) is 12.8 Å². The van der Waals surface area contributed by atoms with Gasteiger partial charge in [0.15, 0.2) is 0 Å². The molecule has 2 N–H and O–H groups in total. The molecule has 0 aliphatic heterocycles. The number of halogens is 1. The molecular weight excluding hydrogens is 416 g/mol. The number of benzene rings is 2. The summed E-state index contributed by atoms with van der Waals surface area (Å²) in [7, 11) is 0. The van der Waals surface area contributed by atoms with E-state index in [0.29, 0.717) is 23.6 Å². The fourth-order valence-electron chi connectivity index (χ4n) is 2.95. The summed E-state index contributed by atoms with van der Waals surface area (Å²) in [5, 5.41) is 21.2. The molecule has 1 aromatic heterocycles. The molecule has 6 nitrogen and oxygen atoms in total. The normalized spacial score (nSPS) is 11.0. The van der Waals surface area contributed by atoms with Crippen LogP contribution in [0.15, 0.2) is 70.7 Å². The van der Waals surface area contributed by atoms with Gasteiger partial charge < -0.3 is 14.8 Å².